The van der Waals surface area contributed by atoms with Gasteiger partial charge >= 0.3 is 5.97 Å². The maximum atomic E-state index is 11.0. The lowest BCUT2D eigenvalue weighted by Gasteiger charge is -2.12. The molecule has 2 aromatic rings. The number of hydrogen-bond donors (Lipinski definition) is 3. The fraction of sp³-hybridized carbons (Fsp3) is 0.188. The van der Waals surface area contributed by atoms with Crippen molar-refractivity contribution in [3.8, 4) is 5.75 Å². The van der Waals surface area contributed by atoms with Crippen LogP contribution in [0.15, 0.2) is 42.5 Å². The molecule has 5 heteroatoms. The van der Waals surface area contributed by atoms with E-state index in [4.69, 9.17) is 15.6 Å². The molecule has 0 saturated heterocycles. The van der Waals surface area contributed by atoms with Crippen molar-refractivity contribution in [1.82, 2.24) is 0 Å². The molecule has 0 radical (unpaired) electrons. The van der Waals surface area contributed by atoms with Crippen LogP contribution in [0.2, 0.25) is 0 Å². The first-order valence-electron chi connectivity index (χ1n) is 6.63. The Labute approximate surface area is 123 Å². The quantitative estimate of drug-likeness (QED) is 0.561. The van der Waals surface area contributed by atoms with Crippen LogP contribution in [0.4, 0.5) is 11.4 Å². The highest BCUT2D eigenvalue weighted by molar-refractivity contribution is 5.97. The van der Waals surface area contributed by atoms with Crippen LogP contribution in [0.1, 0.15) is 15.9 Å². The number of benzene rings is 2. The first-order chi connectivity index (χ1) is 10.1. The summed E-state index contributed by atoms with van der Waals surface area (Å²) in [4.78, 5) is 11.0. The smallest absolute Gasteiger partial charge is 0.337 e. The van der Waals surface area contributed by atoms with Gasteiger partial charge in [-0.15, -0.1) is 0 Å². The van der Waals surface area contributed by atoms with E-state index in [1.165, 1.54) is 6.07 Å². The van der Waals surface area contributed by atoms with Gasteiger partial charge in [0.2, 0.25) is 0 Å². The highest BCUT2D eigenvalue weighted by Crippen LogP contribution is 2.22. The molecule has 0 aliphatic rings. The zero-order chi connectivity index (χ0) is 15.2. The van der Waals surface area contributed by atoms with Crippen LogP contribution >= 0.6 is 0 Å². The number of rotatable bonds is 6. The summed E-state index contributed by atoms with van der Waals surface area (Å²) in [6.45, 7) is 2.99. The maximum Gasteiger partial charge on any atom is 0.337 e. The molecule has 5 nitrogen and oxygen atoms in total. The van der Waals surface area contributed by atoms with Crippen molar-refractivity contribution in [3.05, 3.63) is 53.6 Å². The van der Waals surface area contributed by atoms with Crippen LogP contribution in [-0.2, 0) is 0 Å². The lowest BCUT2D eigenvalue weighted by molar-refractivity contribution is 0.0698. The fourth-order valence-electron chi connectivity index (χ4n) is 1.97. The summed E-state index contributed by atoms with van der Waals surface area (Å²) >= 11 is 0. The molecule has 0 aliphatic carbocycles. The average molecular weight is 286 g/mol. The molecule has 0 aromatic heterocycles. The molecule has 0 heterocycles. The Hall–Kier alpha value is -2.69. The van der Waals surface area contributed by atoms with E-state index >= 15 is 0 Å². The first-order valence-corrected chi connectivity index (χ1v) is 6.63. The van der Waals surface area contributed by atoms with E-state index in [1.54, 1.807) is 12.1 Å². The Balaban J connectivity index is 1.89. The van der Waals surface area contributed by atoms with E-state index < -0.39 is 5.97 Å². The number of para-hydroxylation sites is 1. The molecular formula is C16H18N2O3. The Morgan fingerprint density at radius 1 is 1.29 bits per heavy atom. The van der Waals surface area contributed by atoms with E-state index in [-0.39, 0.29) is 11.3 Å². The summed E-state index contributed by atoms with van der Waals surface area (Å²) in [5.41, 5.74) is 7.88. The summed E-state index contributed by atoms with van der Waals surface area (Å²) in [6, 6.07) is 12.7. The third kappa shape index (κ3) is 3.89. The van der Waals surface area contributed by atoms with Crippen LogP contribution in [0.25, 0.3) is 0 Å². The molecule has 0 unspecified atom stereocenters. The first kappa shape index (κ1) is 14.7. The van der Waals surface area contributed by atoms with Crippen molar-refractivity contribution in [2.24, 2.45) is 0 Å². The number of nitrogen functional groups attached to an aromatic ring is 1. The molecular weight excluding hydrogens is 268 g/mol. The standard InChI is InChI=1S/C16H18N2O3/c1-11-4-2-5-12(10-11)21-9-8-18-14-7-3-6-13(15(14)17)16(19)20/h2-7,10,18H,8-9,17H2,1H3,(H,19,20). The highest BCUT2D eigenvalue weighted by atomic mass is 16.5. The van der Waals surface area contributed by atoms with Crippen LogP contribution in [0.3, 0.4) is 0 Å². The zero-order valence-electron chi connectivity index (χ0n) is 11.8. The number of ether oxygens (including phenoxy) is 1. The largest absolute Gasteiger partial charge is 0.492 e. The van der Waals surface area contributed by atoms with Crippen molar-refractivity contribution in [1.29, 1.82) is 0 Å². The second kappa shape index (κ2) is 6.65. The minimum atomic E-state index is -1.04. The van der Waals surface area contributed by atoms with Crippen LogP contribution in [-0.4, -0.2) is 24.2 Å². The lowest BCUT2D eigenvalue weighted by atomic mass is 10.1. The normalized spacial score (nSPS) is 10.1. The van der Waals surface area contributed by atoms with Gasteiger partial charge < -0.3 is 20.9 Å². The van der Waals surface area contributed by atoms with Gasteiger partial charge in [-0.05, 0) is 36.8 Å². The molecule has 0 fully saturated rings. The Bertz CT molecular complexity index is 641. The summed E-state index contributed by atoms with van der Waals surface area (Å²) in [5.74, 6) is -0.226. The third-order valence-corrected chi connectivity index (χ3v) is 3.01. The number of carbonyl (C=O) groups is 1. The number of anilines is 2. The number of nitrogens with two attached hydrogens (primary N) is 1. The fourth-order valence-corrected chi connectivity index (χ4v) is 1.97. The Morgan fingerprint density at radius 3 is 2.76 bits per heavy atom. The molecule has 0 atom stereocenters. The van der Waals surface area contributed by atoms with Crippen molar-refractivity contribution in [3.63, 3.8) is 0 Å². The third-order valence-electron chi connectivity index (χ3n) is 3.01. The van der Waals surface area contributed by atoms with Crippen molar-refractivity contribution in [2.45, 2.75) is 6.92 Å². The number of carboxylic acid groups (broad SMARTS) is 1. The SMILES string of the molecule is Cc1cccc(OCCNc2cccc(C(=O)O)c2N)c1. The molecule has 0 aliphatic heterocycles. The Morgan fingerprint density at radius 2 is 2.05 bits per heavy atom. The predicted molar refractivity (Wildman–Crippen MR) is 83.0 cm³/mol. The number of nitrogens with one attached hydrogen (secondary N) is 1. The van der Waals surface area contributed by atoms with E-state index in [9.17, 15) is 4.79 Å². The summed E-state index contributed by atoms with van der Waals surface area (Å²) in [5, 5.41) is 12.1. The van der Waals surface area contributed by atoms with Gasteiger partial charge in [-0.3, -0.25) is 0 Å². The minimum absolute atomic E-state index is 0.0969. The van der Waals surface area contributed by atoms with Crippen molar-refractivity contribution >= 4 is 17.3 Å². The second-order valence-electron chi connectivity index (χ2n) is 4.66. The molecule has 0 spiro atoms. The van der Waals surface area contributed by atoms with Gasteiger partial charge in [0.05, 0.1) is 16.9 Å². The summed E-state index contributed by atoms with van der Waals surface area (Å²) in [7, 11) is 0. The molecule has 0 bridgehead atoms. The molecule has 21 heavy (non-hydrogen) atoms. The monoisotopic (exact) mass is 286 g/mol. The molecule has 2 aromatic carbocycles. The maximum absolute atomic E-state index is 11.0. The average Bonchev–Trinajstić information content (AvgIpc) is 2.45. The van der Waals surface area contributed by atoms with E-state index in [2.05, 4.69) is 5.32 Å². The highest BCUT2D eigenvalue weighted by Gasteiger charge is 2.10. The molecule has 4 N–H and O–H groups in total. The number of hydrogen-bond acceptors (Lipinski definition) is 4. The van der Waals surface area contributed by atoms with Crippen molar-refractivity contribution < 1.29 is 14.6 Å². The van der Waals surface area contributed by atoms with Gasteiger partial charge in [-0.1, -0.05) is 18.2 Å². The van der Waals surface area contributed by atoms with Gasteiger partial charge in [0, 0.05) is 6.54 Å². The van der Waals surface area contributed by atoms with Gasteiger partial charge in [-0.2, -0.15) is 0 Å². The second-order valence-corrected chi connectivity index (χ2v) is 4.66. The molecule has 0 amide bonds. The van der Waals surface area contributed by atoms with Crippen molar-refractivity contribution in [2.75, 3.05) is 24.2 Å². The number of aryl methyl sites for hydroxylation is 1. The molecule has 2 rings (SSSR count). The van der Waals surface area contributed by atoms with Crippen LogP contribution in [0, 0.1) is 6.92 Å². The van der Waals surface area contributed by atoms with Gasteiger partial charge in [0.25, 0.3) is 0 Å². The number of aromatic carboxylic acids is 1. The zero-order valence-corrected chi connectivity index (χ0v) is 11.8. The van der Waals surface area contributed by atoms with Gasteiger partial charge in [0.1, 0.15) is 12.4 Å². The van der Waals surface area contributed by atoms with E-state index in [0.717, 1.165) is 11.3 Å². The van der Waals surface area contributed by atoms with Crippen LogP contribution < -0.4 is 15.8 Å². The van der Waals surface area contributed by atoms with Crippen LogP contribution in [0.5, 0.6) is 5.75 Å². The van der Waals surface area contributed by atoms with Gasteiger partial charge in [0.15, 0.2) is 0 Å². The van der Waals surface area contributed by atoms with E-state index in [0.29, 0.717) is 18.8 Å². The van der Waals surface area contributed by atoms with E-state index in [1.807, 2.05) is 31.2 Å². The molecule has 110 valence electrons. The Kier molecular flexibility index (Phi) is 4.66. The minimum Gasteiger partial charge on any atom is -0.492 e. The lowest BCUT2D eigenvalue weighted by Crippen LogP contribution is -2.14. The number of carboxylic acids is 1. The summed E-state index contributed by atoms with van der Waals surface area (Å²) in [6.07, 6.45) is 0. The topological polar surface area (TPSA) is 84.6 Å². The summed E-state index contributed by atoms with van der Waals surface area (Å²) < 4.78 is 5.61. The predicted octanol–water partition coefficient (Wildman–Crippen LogP) is 2.77. The van der Waals surface area contributed by atoms with Gasteiger partial charge in [-0.25, -0.2) is 4.79 Å². The molecule has 0 saturated carbocycles.